The van der Waals surface area contributed by atoms with Gasteiger partial charge in [0.25, 0.3) is 0 Å². The van der Waals surface area contributed by atoms with Gasteiger partial charge in [-0.05, 0) is 37.1 Å². The number of nitrogens with two attached hydrogens (primary N) is 1. The molecule has 0 aromatic heterocycles. The Morgan fingerprint density at radius 3 is 2.63 bits per heavy atom. The fraction of sp³-hybridized carbons (Fsp3) is 0.400. The molecule has 3 N–H and O–H groups in total. The molecule has 0 heterocycles. The minimum Gasteiger partial charge on any atom is -0.378 e. The topological polar surface area (TPSA) is 53.6 Å². The first-order chi connectivity index (χ1) is 8.90. The molecule has 0 amide bonds. The number of rotatable bonds is 5. The highest BCUT2D eigenvalue weighted by atomic mass is 15.1. The number of hydrogen-bond acceptors (Lipinski definition) is 2. The van der Waals surface area contributed by atoms with E-state index < -0.39 is 0 Å². The second-order valence-electron chi connectivity index (χ2n) is 5.02. The van der Waals surface area contributed by atoms with Crippen LogP contribution in [0.15, 0.2) is 35.3 Å². The highest BCUT2D eigenvalue weighted by Crippen LogP contribution is 2.17. The lowest BCUT2D eigenvalue weighted by atomic mass is 10.1. The van der Waals surface area contributed by atoms with Crippen molar-refractivity contribution in [2.45, 2.75) is 20.4 Å². The van der Waals surface area contributed by atoms with E-state index in [-0.39, 0.29) is 0 Å². The van der Waals surface area contributed by atoms with Crippen LogP contribution in [0.3, 0.4) is 0 Å². The molecular formula is C15H24N4. The minimum absolute atomic E-state index is 0.457. The highest BCUT2D eigenvalue weighted by molar-refractivity contribution is 5.78. The number of anilines is 1. The first kappa shape index (κ1) is 15.1. The van der Waals surface area contributed by atoms with Gasteiger partial charge in [0, 0.05) is 26.3 Å². The molecule has 0 fully saturated rings. The Balaban J connectivity index is 2.67. The lowest BCUT2D eigenvalue weighted by Crippen LogP contribution is -2.32. The average molecular weight is 260 g/mol. The summed E-state index contributed by atoms with van der Waals surface area (Å²) in [6.45, 7) is 9.10. The molecule has 0 spiro atoms. The summed E-state index contributed by atoms with van der Waals surface area (Å²) in [5.74, 6) is 0.457. The fourth-order valence-electron chi connectivity index (χ4n) is 1.60. The maximum absolute atomic E-state index is 5.79. The lowest BCUT2D eigenvalue weighted by molar-refractivity contribution is 0.936. The van der Waals surface area contributed by atoms with Crippen molar-refractivity contribution in [2.75, 3.05) is 25.5 Å². The molecule has 1 rings (SSSR count). The van der Waals surface area contributed by atoms with Crippen LogP contribution in [0.1, 0.15) is 18.1 Å². The van der Waals surface area contributed by atoms with E-state index in [2.05, 4.69) is 46.9 Å². The Bertz CT molecular complexity index is 475. The fourth-order valence-corrected chi connectivity index (χ4v) is 1.60. The van der Waals surface area contributed by atoms with Crippen molar-refractivity contribution < 1.29 is 0 Å². The van der Waals surface area contributed by atoms with E-state index in [0.717, 1.165) is 5.57 Å². The second kappa shape index (κ2) is 6.83. The van der Waals surface area contributed by atoms with Crippen LogP contribution in [0.2, 0.25) is 0 Å². The van der Waals surface area contributed by atoms with Crippen molar-refractivity contribution in [1.29, 1.82) is 0 Å². The van der Waals surface area contributed by atoms with Crippen LogP contribution in [0, 0.1) is 6.92 Å². The standard InChI is InChI=1S/C15H24N4/c1-11(2)9-17-15(16)18-10-13-6-7-14(19(4)5)8-12(13)3/h6-8H,1,9-10H2,2-5H3,(H3,16,17,18). The summed E-state index contributed by atoms with van der Waals surface area (Å²) in [7, 11) is 4.07. The third-order valence-corrected chi connectivity index (χ3v) is 2.83. The van der Waals surface area contributed by atoms with Gasteiger partial charge in [0.05, 0.1) is 6.54 Å². The molecule has 1 aromatic carbocycles. The van der Waals surface area contributed by atoms with Crippen molar-refractivity contribution in [2.24, 2.45) is 10.7 Å². The van der Waals surface area contributed by atoms with Crippen LogP contribution < -0.4 is 16.0 Å². The summed E-state index contributed by atoms with van der Waals surface area (Å²) in [5, 5.41) is 3.02. The Morgan fingerprint density at radius 2 is 2.11 bits per heavy atom. The number of nitrogens with zero attached hydrogens (tertiary/aromatic N) is 2. The van der Waals surface area contributed by atoms with E-state index in [9.17, 15) is 0 Å². The minimum atomic E-state index is 0.457. The van der Waals surface area contributed by atoms with Gasteiger partial charge in [0.1, 0.15) is 0 Å². The third-order valence-electron chi connectivity index (χ3n) is 2.83. The van der Waals surface area contributed by atoms with Crippen molar-refractivity contribution in [3.05, 3.63) is 41.5 Å². The Morgan fingerprint density at radius 1 is 1.42 bits per heavy atom. The van der Waals surface area contributed by atoms with E-state index in [4.69, 9.17) is 5.73 Å². The van der Waals surface area contributed by atoms with Gasteiger partial charge in [-0.25, -0.2) is 4.99 Å². The zero-order valence-electron chi connectivity index (χ0n) is 12.3. The number of hydrogen-bond donors (Lipinski definition) is 2. The largest absolute Gasteiger partial charge is 0.378 e. The van der Waals surface area contributed by atoms with Gasteiger partial charge in [-0.1, -0.05) is 18.2 Å². The van der Waals surface area contributed by atoms with E-state index in [1.54, 1.807) is 0 Å². The van der Waals surface area contributed by atoms with E-state index in [0.29, 0.717) is 19.0 Å². The van der Waals surface area contributed by atoms with Gasteiger partial charge in [-0.15, -0.1) is 0 Å². The van der Waals surface area contributed by atoms with Crippen LogP contribution in [0.25, 0.3) is 0 Å². The van der Waals surface area contributed by atoms with Crippen LogP contribution in [-0.2, 0) is 6.54 Å². The smallest absolute Gasteiger partial charge is 0.189 e. The van der Waals surface area contributed by atoms with Crippen LogP contribution in [0.5, 0.6) is 0 Å². The summed E-state index contributed by atoms with van der Waals surface area (Å²) >= 11 is 0. The van der Waals surface area contributed by atoms with Crippen molar-refractivity contribution in [1.82, 2.24) is 5.32 Å². The molecule has 104 valence electrons. The van der Waals surface area contributed by atoms with Crippen molar-refractivity contribution >= 4 is 11.6 Å². The molecule has 0 bridgehead atoms. The van der Waals surface area contributed by atoms with E-state index in [1.807, 2.05) is 21.0 Å². The zero-order chi connectivity index (χ0) is 14.4. The van der Waals surface area contributed by atoms with Crippen LogP contribution >= 0.6 is 0 Å². The number of benzene rings is 1. The number of nitrogens with one attached hydrogen (secondary N) is 1. The summed E-state index contributed by atoms with van der Waals surface area (Å²) in [5.41, 5.74) is 10.4. The lowest BCUT2D eigenvalue weighted by Gasteiger charge is -2.14. The first-order valence-electron chi connectivity index (χ1n) is 6.35. The van der Waals surface area contributed by atoms with E-state index in [1.165, 1.54) is 16.8 Å². The maximum Gasteiger partial charge on any atom is 0.189 e. The summed E-state index contributed by atoms with van der Waals surface area (Å²) < 4.78 is 0. The van der Waals surface area contributed by atoms with Crippen molar-refractivity contribution in [3.63, 3.8) is 0 Å². The van der Waals surface area contributed by atoms with Crippen LogP contribution in [-0.4, -0.2) is 26.6 Å². The molecule has 0 atom stereocenters. The van der Waals surface area contributed by atoms with Gasteiger partial charge in [0.2, 0.25) is 0 Å². The molecule has 0 unspecified atom stereocenters. The summed E-state index contributed by atoms with van der Waals surface area (Å²) in [4.78, 5) is 6.42. The predicted octanol–water partition coefficient (Wildman–Crippen LogP) is 2.04. The Kier molecular flexibility index (Phi) is 5.42. The molecule has 1 aromatic rings. The SMILES string of the molecule is C=C(C)CNC(N)=NCc1ccc(N(C)C)cc1C. The average Bonchev–Trinajstić information content (AvgIpc) is 2.34. The van der Waals surface area contributed by atoms with Gasteiger partial charge < -0.3 is 16.0 Å². The molecule has 4 nitrogen and oxygen atoms in total. The maximum atomic E-state index is 5.79. The van der Waals surface area contributed by atoms with Crippen LogP contribution in [0.4, 0.5) is 5.69 Å². The molecule has 0 aliphatic carbocycles. The third kappa shape index (κ3) is 5.04. The second-order valence-corrected chi connectivity index (χ2v) is 5.02. The zero-order valence-corrected chi connectivity index (χ0v) is 12.3. The molecule has 0 radical (unpaired) electrons. The van der Waals surface area contributed by atoms with Gasteiger partial charge >= 0.3 is 0 Å². The molecule has 0 saturated carbocycles. The van der Waals surface area contributed by atoms with E-state index >= 15 is 0 Å². The summed E-state index contributed by atoms with van der Waals surface area (Å²) in [6.07, 6.45) is 0. The van der Waals surface area contributed by atoms with Gasteiger partial charge in [-0.2, -0.15) is 0 Å². The predicted molar refractivity (Wildman–Crippen MR) is 83.6 cm³/mol. The first-order valence-corrected chi connectivity index (χ1v) is 6.35. The molecule has 19 heavy (non-hydrogen) atoms. The number of aliphatic imine (C=N–C) groups is 1. The Hall–Kier alpha value is -1.97. The molecular weight excluding hydrogens is 236 g/mol. The monoisotopic (exact) mass is 260 g/mol. The molecule has 0 aliphatic rings. The number of aryl methyl sites for hydroxylation is 1. The Labute approximate surface area is 116 Å². The van der Waals surface area contributed by atoms with Crippen molar-refractivity contribution in [3.8, 4) is 0 Å². The normalized spacial score (nSPS) is 11.3. The summed E-state index contributed by atoms with van der Waals surface area (Å²) in [6, 6.07) is 6.35. The quantitative estimate of drug-likeness (QED) is 0.484. The van der Waals surface area contributed by atoms with Gasteiger partial charge in [0.15, 0.2) is 5.96 Å². The highest BCUT2D eigenvalue weighted by Gasteiger charge is 2.01. The molecule has 0 aliphatic heterocycles. The van der Waals surface area contributed by atoms with Gasteiger partial charge in [-0.3, -0.25) is 0 Å². The molecule has 4 heteroatoms. The number of guanidine groups is 1. The molecule has 0 saturated heterocycles.